The highest BCUT2D eigenvalue weighted by atomic mass is 14.7. The predicted molar refractivity (Wildman–Crippen MR) is 50.1 cm³/mol. The topological polar surface area (TPSA) is 62.7 Å². The second-order valence-corrected chi connectivity index (χ2v) is 2.61. The third-order valence-corrected chi connectivity index (χ3v) is 1.73. The molecule has 1 rings (SSSR count). The van der Waals surface area contributed by atoms with Crippen LogP contribution in [0.15, 0.2) is 18.3 Å². The lowest BCUT2D eigenvalue weighted by molar-refractivity contribution is 1.35. The first-order valence-electron chi connectivity index (χ1n) is 3.89. The maximum atomic E-state index is 8.73. The molecule has 1 heterocycles. The van der Waals surface area contributed by atoms with Gasteiger partial charge in [-0.05, 0) is 12.1 Å². The minimum atomic E-state index is -0.106. The van der Waals surface area contributed by atoms with Crippen LogP contribution in [-0.4, -0.2) is 11.7 Å². The van der Waals surface area contributed by atoms with E-state index in [4.69, 9.17) is 11.0 Å². The largest absolute Gasteiger partial charge is 0.397 e. The van der Waals surface area contributed by atoms with E-state index in [0.717, 1.165) is 11.9 Å². The van der Waals surface area contributed by atoms with Gasteiger partial charge in [-0.3, -0.25) is 4.98 Å². The minimum absolute atomic E-state index is 0.106. The highest BCUT2D eigenvalue weighted by Crippen LogP contribution is 1.96. The Kier molecular flexibility index (Phi) is 2.70. The molecule has 0 fully saturated rings. The molecule has 0 amide bonds. The van der Waals surface area contributed by atoms with Crippen LogP contribution in [0.1, 0.15) is 6.92 Å². The number of anilines is 1. The zero-order valence-corrected chi connectivity index (χ0v) is 6.99. The SMILES string of the molecule is CCB(C#N)c1ccc(N)cn1. The van der Waals surface area contributed by atoms with E-state index in [9.17, 15) is 0 Å². The van der Waals surface area contributed by atoms with Crippen LogP contribution >= 0.6 is 0 Å². The summed E-state index contributed by atoms with van der Waals surface area (Å²) in [6, 6.07) is 3.56. The number of nitrogens with zero attached hydrogens (tertiary/aromatic N) is 2. The van der Waals surface area contributed by atoms with Crippen molar-refractivity contribution < 1.29 is 0 Å². The van der Waals surface area contributed by atoms with Gasteiger partial charge >= 0.3 is 6.71 Å². The van der Waals surface area contributed by atoms with Gasteiger partial charge in [0.1, 0.15) is 0 Å². The number of nitrogens with two attached hydrogens (primary N) is 1. The van der Waals surface area contributed by atoms with Gasteiger partial charge in [-0.1, -0.05) is 13.2 Å². The number of nitriles is 1. The zero-order valence-electron chi connectivity index (χ0n) is 6.99. The Balaban J connectivity index is 2.89. The molecular weight excluding hydrogens is 149 g/mol. The molecule has 0 unspecified atom stereocenters. The standard InChI is InChI=1S/C8H10BN3/c1-2-9(6-10)8-4-3-7(11)5-12-8/h3-5H,2,11H2,1H3. The van der Waals surface area contributed by atoms with Crippen molar-refractivity contribution >= 4 is 18.0 Å². The van der Waals surface area contributed by atoms with Crippen LogP contribution in [0.2, 0.25) is 6.32 Å². The summed E-state index contributed by atoms with van der Waals surface area (Å²) in [7, 11) is 0. The fourth-order valence-corrected chi connectivity index (χ4v) is 0.989. The van der Waals surface area contributed by atoms with E-state index in [1.165, 1.54) is 0 Å². The monoisotopic (exact) mass is 159 g/mol. The van der Waals surface area contributed by atoms with Crippen molar-refractivity contribution in [2.45, 2.75) is 13.2 Å². The first-order valence-corrected chi connectivity index (χ1v) is 3.89. The number of aromatic nitrogens is 1. The van der Waals surface area contributed by atoms with Crippen molar-refractivity contribution in [3.05, 3.63) is 18.3 Å². The summed E-state index contributed by atoms with van der Waals surface area (Å²) in [5.41, 5.74) is 6.90. The Bertz CT molecular complexity index is 288. The molecule has 0 spiro atoms. The molecule has 60 valence electrons. The molecule has 0 aliphatic heterocycles. The van der Waals surface area contributed by atoms with E-state index in [1.807, 2.05) is 6.92 Å². The number of rotatable bonds is 2. The lowest BCUT2D eigenvalue weighted by Crippen LogP contribution is -2.30. The normalized spacial score (nSPS) is 9.00. The van der Waals surface area contributed by atoms with E-state index >= 15 is 0 Å². The fourth-order valence-electron chi connectivity index (χ4n) is 0.989. The second-order valence-electron chi connectivity index (χ2n) is 2.61. The van der Waals surface area contributed by atoms with E-state index in [1.54, 1.807) is 18.3 Å². The molecule has 0 aliphatic rings. The van der Waals surface area contributed by atoms with Crippen molar-refractivity contribution in [2.75, 3.05) is 5.73 Å². The average molecular weight is 159 g/mol. The number of hydrogen-bond acceptors (Lipinski definition) is 3. The third kappa shape index (κ3) is 1.76. The van der Waals surface area contributed by atoms with Gasteiger partial charge in [-0.15, -0.1) is 0 Å². The first-order chi connectivity index (χ1) is 5.77. The van der Waals surface area contributed by atoms with Crippen molar-refractivity contribution in [1.82, 2.24) is 4.98 Å². The quantitative estimate of drug-likeness (QED) is 0.637. The van der Waals surface area contributed by atoms with E-state index < -0.39 is 0 Å². The molecular formula is C8H10BN3. The highest BCUT2D eigenvalue weighted by molar-refractivity contribution is 6.79. The Labute approximate surface area is 72.3 Å². The van der Waals surface area contributed by atoms with Gasteiger partial charge in [-0.2, -0.15) is 0 Å². The molecule has 12 heavy (non-hydrogen) atoms. The van der Waals surface area contributed by atoms with Crippen molar-refractivity contribution in [3.8, 4) is 5.97 Å². The maximum absolute atomic E-state index is 8.73. The maximum Gasteiger partial charge on any atom is 0.321 e. The number of hydrogen-bond donors (Lipinski definition) is 1. The smallest absolute Gasteiger partial charge is 0.321 e. The molecule has 1 aromatic rings. The summed E-state index contributed by atoms with van der Waals surface area (Å²) in [4.78, 5) is 4.07. The molecule has 0 saturated carbocycles. The van der Waals surface area contributed by atoms with Crippen molar-refractivity contribution in [3.63, 3.8) is 0 Å². The van der Waals surface area contributed by atoms with Gasteiger partial charge in [0, 0.05) is 23.4 Å². The Hall–Kier alpha value is -1.50. The van der Waals surface area contributed by atoms with Crippen molar-refractivity contribution in [1.29, 1.82) is 5.26 Å². The van der Waals surface area contributed by atoms with Gasteiger partial charge < -0.3 is 5.73 Å². The highest BCUT2D eigenvalue weighted by Gasteiger charge is 2.14. The molecule has 0 saturated heterocycles. The summed E-state index contributed by atoms with van der Waals surface area (Å²) >= 11 is 0. The Morgan fingerprint density at radius 1 is 1.67 bits per heavy atom. The molecule has 1 aromatic heterocycles. The van der Waals surface area contributed by atoms with Crippen LogP contribution < -0.4 is 11.3 Å². The molecule has 0 aromatic carbocycles. The van der Waals surface area contributed by atoms with Crippen molar-refractivity contribution in [2.24, 2.45) is 0 Å². The van der Waals surface area contributed by atoms with E-state index in [-0.39, 0.29) is 6.71 Å². The number of nitrogen functional groups attached to an aromatic ring is 1. The number of pyridine rings is 1. The Morgan fingerprint density at radius 3 is 2.83 bits per heavy atom. The lowest BCUT2D eigenvalue weighted by Gasteiger charge is -2.00. The van der Waals surface area contributed by atoms with Crippen LogP contribution in [0.4, 0.5) is 5.69 Å². The van der Waals surface area contributed by atoms with Crippen LogP contribution in [0.3, 0.4) is 0 Å². The first kappa shape index (κ1) is 8.60. The molecule has 4 heteroatoms. The van der Waals surface area contributed by atoms with E-state index in [0.29, 0.717) is 5.69 Å². The summed E-state index contributed by atoms with van der Waals surface area (Å²) < 4.78 is 0. The molecule has 0 radical (unpaired) electrons. The van der Waals surface area contributed by atoms with Gasteiger partial charge in [0.2, 0.25) is 0 Å². The van der Waals surface area contributed by atoms with Gasteiger partial charge in [0.15, 0.2) is 0 Å². The summed E-state index contributed by atoms with van der Waals surface area (Å²) in [5, 5.41) is 8.73. The van der Waals surface area contributed by atoms with E-state index in [2.05, 4.69) is 11.0 Å². The van der Waals surface area contributed by atoms with Crippen LogP contribution in [0, 0.1) is 11.2 Å². The molecule has 2 N–H and O–H groups in total. The molecule has 0 atom stereocenters. The average Bonchev–Trinajstić information content (AvgIpc) is 2.10. The predicted octanol–water partition coefficient (Wildman–Crippen LogP) is 0.448. The summed E-state index contributed by atoms with van der Waals surface area (Å²) in [5.74, 6) is 2.18. The lowest BCUT2D eigenvalue weighted by atomic mass is 9.47. The zero-order chi connectivity index (χ0) is 8.97. The van der Waals surface area contributed by atoms with Crippen LogP contribution in [0.25, 0.3) is 0 Å². The minimum Gasteiger partial charge on any atom is -0.397 e. The molecule has 3 nitrogen and oxygen atoms in total. The fraction of sp³-hybridized carbons (Fsp3) is 0.250. The van der Waals surface area contributed by atoms with Gasteiger partial charge in [0.05, 0.1) is 0 Å². The summed E-state index contributed by atoms with van der Waals surface area (Å²) in [6.45, 7) is 1.86. The summed E-state index contributed by atoms with van der Waals surface area (Å²) in [6.07, 6.45) is 2.36. The van der Waals surface area contributed by atoms with Crippen LogP contribution in [-0.2, 0) is 0 Å². The molecule has 0 aliphatic carbocycles. The Morgan fingerprint density at radius 2 is 2.42 bits per heavy atom. The molecule has 0 bridgehead atoms. The second kappa shape index (κ2) is 3.77. The third-order valence-electron chi connectivity index (χ3n) is 1.73. The van der Waals surface area contributed by atoms with Crippen LogP contribution in [0.5, 0.6) is 0 Å². The van der Waals surface area contributed by atoms with Gasteiger partial charge in [0.25, 0.3) is 0 Å². The van der Waals surface area contributed by atoms with Gasteiger partial charge in [-0.25, -0.2) is 5.26 Å².